The minimum absolute atomic E-state index is 0.538. The Bertz CT molecular complexity index is 1330. The van der Waals surface area contributed by atoms with Gasteiger partial charge in [-0.1, -0.05) is 0 Å². The van der Waals surface area contributed by atoms with E-state index in [1.165, 1.54) is 5.56 Å². The molecule has 0 bridgehead atoms. The molecule has 0 aliphatic carbocycles. The van der Waals surface area contributed by atoms with Crippen molar-refractivity contribution in [2.45, 2.75) is 173 Å². The van der Waals surface area contributed by atoms with Gasteiger partial charge in [-0.15, -0.1) is 0 Å². The molecule has 2 aromatic carbocycles. The average molecular weight is 911 g/mol. The van der Waals surface area contributed by atoms with Crippen LogP contribution in [0.4, 0.5) is 0 Å². The van der Waals surface area contributed by atoms with E-state index < -0.39 is 65.4 Å². The summed E-state index contributed by atoms with van der Waals surface area (Å²) in [6, 6.07) is 13.5. The fourth-order valence-corrected chi connectivity index (χ4v) is 61.8. The van der Waals surface area contributed by atoms with E-state index >= 15 is 0 Å². The molecule has 0 spiro atoms. The van der Waals surface area contributed by atoms with Crippen molar-refractivity contribution < 1.29 is 0 Å². The predicted octanol–water partition coefficient (Wildman–Crippen LogP) is 11.7. The molecule has 266 valence electrons. The molecule has 0 saturated heterocycles. The summed E-state index contributed by atoms with van der Waals surface area (Å²) in [5, 5.41) is 2.26. The molecule has 2 rings (SSSR count). The SMILES string of the molecule is CC(C)c1cc[c]([Sn](=[Se])[c]2c(C([Si](C)(C)C)[Si](C)(C)C)cc(C([Si](C)(C)C)[Si](C)(C)C)cc2C([Si](C)(C)C)[Si](C)(C)C)c(C(C)C)c1. The van der Waals surface area contributed by atoms with Gasteiger partial charge in [-0.3, -0.25) is 0 Å². The predicted molar refractivity (Wildman–Crippen MR) is 240 cm³/mol. The number of rotatable bonds is 13. The number of benzene rings is 2. The Balaban J connectivity index is 3.46. The van der Waals surface area contributed by atoms with Gasteiger partial charge in [0, 0.05) is 0 Å². The maximum absolute atomic E-state index is 4.13. The summed E-state index contributed by atoms with van der Waals surface area (Å²) in [4.78, 5) is 0. The third-order valence-corrected chi connectivity index (χ3v) is 49.7. The summed E-state index contributed by atoms with van der Waals surface area (Å²) in [5.74, 6) is 1.10. The van der Waals surface area contributed by atoms with Crippen LogP contribution in [0.5, 0.6) is 0 Å². The van der Waals surface area contributed by atoms with Crippen LogP contribution in [0, 0.1) is 0 Å². The molecule has 2 aromatic rings. The minimum atomic E-state index is -2.51. The summed E-state index contributed by atoms with van der Waals surface area (Å²) in [7, 11) is -9.29. The van der Waals surface area contributed by atoms with Crippen molar-refractivity contribution in [3.05, 3.63) is 58.1 Å². The molecule has 8 heteroatoms. The molecule has 0 aliphatic rings. The van der Waals surface area contributed by atoms with Crippen molar-refractivity contribution in [3.63, 3.8) is 0 Å². The molecule has 0 aliphatic heterocycles. The van der Waals surface area contributed by atoms with E-state index in [1.807, 2.05) is 14.7 Å². The summed E-state index contributed by atoms with van der Waals surface area (Å²) >= 11 is 1.63. The van der Waals surface area contributed by atoms with Crippen LogP contribution in [0.1, 0.15) is 82.8 Å². The van der Waals surface area contributed by atoms with Gasteiger partial charge in [0.2, 0.25) is 0 Å². The van der Waals surface area contributed by atoms with Crippen LogP contribution in [-0.4, -0.2) is 77.6 Å². The molecular weight excluding hydrogens is 835 g/mol. The van der Waals surface area contributed by atoms with Gasteiger partial charge in [0.15, 0.2) is 0 Å². The second-order valence-corrected chi connectivity index (χ2v) is 66.2. The first-order valence-electron chi connectivity index (χ1n) is 18.6. The third kappa shape index (κ3) is 10.8. The fraction of sp³-hybridized carbons (Fsp3) is 0.692. The summed E-state index contributed by atoms with van der Waals surface area (Å²) < 4.78 is 3.63. The molecule has 47 heavy (non-hydrogen) atoms. The molecule has 0 radical (unpaired) electrons. The van der Waals surface area contributed by atoms with Crippen molar-refractivity contribution in [1.82, 2.24) is 0 Å². The van der Waals surface area contributed by atoms with Gasteiger partial charge in [-0.05, 0) is 0 Å². The average Bonchev–Trinajstić information content (AvgIpc) is 2.77. The van der Waals surface area contributed by atoms with Crippen LogP contribution < -0.4 is 7.16 Å². The van der Waals surface area contributed by atoms with E-state index in [2.05, 4.69) is 188 Å². The van der Waals surface area contributed by atoms with Crippen LogP contribution in [0.2, 0.25) is 118 Å². The Kier molecular flexibility index (Phi) is 14.3. The zero-order valence-electron chi connectivity index (χ0n) is 35.2. The summed E-state index contributed by atoms with van der Waals surface area (Å²) in [5.41, 5.74) is 8.60. The molecule has 0 aromatic heterocycles. The quantitative estimate of drug-likeness (QED) is 0.176. The van der Waals surface area contributed by atoms with E-state index in [-0.39, 0.29) is 0 Å². The van der Waals surface area contributed by atoms with E-state index in [9.17, 15) is 0 Å². The number of hydrogen-bond donors (Lipinski definition) is 0. The van der Waals surface area contributed by atoms with Crippen LogP contribution in [0.25, 0.3) is 0 Å². The fourth-order valence-electron chi connectivity index (χ4n) is 10.1. The molecule has 0 saturated carbocycles. The van der Waals surface area contributed by atoms with Crippen molar-refractivity contribution in [1.29, 1.82) is 0 Å². The zero-order valence-corrected chi connectivity index (χ0v) is 45.7. The monoisotopic (exact) mass is 912 g/mol. The molecular formula is C39H76SeSi6Sn. The van der Waals surface area contributed by atoms with E-state index in [0.717, 1.165) is 15.5 Å². The molecule has 0 N–H and O–H groups in total. The molecule has 0 nitrogen and oxygen atoms in total. The molecule has 0 unspecified atom stereocenters. The second-order valence-electron chi connectivity index (χ2n) is 22.1. The maximum atomic E-state index is 4.13. The van der Waals surface area contributed by atoms with Gasteiger partial charge in [0.05, 0.1) is 0 Å². The van der Waals surface area contributed by atoms with Crippen molar-refractivity contribution in [2.75, 3.05) is 0 Å². The van der Waals surface area contributed by atoms with Crippen LogP contribution in [0.3, 0.4) is 0 Å². The van der Waals surface area contributed by atoms with Gasteiger partial charge >= 0.3 is 316 Å². The van der Waals surface area contributed by atoms with Gasteiger partial charge in [-0.2, -0.15) is 0 Å². The Hall–Kier alpha value is 1.06. The molecule has 0 heterocycles. The molecule has 0 fully saturated rings. The first-order chi connectivity index (χ1) is 20.7. The van der Waals surface area contributed by atoms with Crippen LogP contribution in [0.15, 0.2) is 30.3 Å². The third-order valence-electron chi connectivity index (χ3n) is 10.2. The zero-order chi connectivity index (χ0) is 37.0. The van der Waals surface area contributed by atoms with E-state index in [4.69, 9.17) is 0 Å². The summed E-state index contributed by atoms with van der Waals surface area (Å²) in [6.07, 6.45) is 0. The normalized spacial score (nSPS) is 14.4. The Morgan fingerprint density at radius 2 is 0.745 bits per heavy atom. The topological polar surface area (TPSA) is 0 Å². The number of hydrogen-bond acceptors (Lipinski definition) is 0. The standard InChI is InChI=1S/C27H59Si6.C12H17.Se.Sn/c1-28(2,3)25(29(4,5)6)22-19-23(26(30(7,8)9)31(10,11)12)21-24(20-22)27(32(13,14)15)33(16,17)18;1-9(2)11-6-5-7-12(8-11)10(3)4;;/h19-20,25-27H,1-18H3;5-6,8-10H,1-4H3;;. The van der Waals surface area contributed by atoms with Gasteiger partial charge in [0.1, 0.15) is 0 Å². The van der Waals surface area contributed by atoms with Crippen LogP contribution in [-0.2, 0) is 0 Å². The second kappa shape index (κ2) is 15.2. The van der Waals surface area contributed by atoms with E-state index in [0.29, 0.717) is 11.8 Å². The van der Waals surface area contributed by atoms with Gasteiger partial charge in [-0.25, -0.2) is 0 Å². The van der Waals surface area contributed by atoms with Crippen molar-refractivity contribution in [3.8, 4) is 0 Å². The van der Waals surface area contributed by atoms with E-state index in [1.54, 1.807) is 14.7 Å². The Morgan fingerprint density at radius 3 is 1.02 bits per heavy atom. The molecule has 0 atom stereocenters. The van der Waals surface area contributed by atoms with Crippen LogP contribution >= 0.6 is 0 Å². The Labute approximate surface area is 312 Å². The first kappa shape index (κ1) is 44.2. The Morgan fingerprint density at radius 1 is 0.426 bits per heavy atom. The first-order valence-corrected chi connectivity index (χ1v) is 49.8. The van der Waals surface area contributed by atoms with Crippen molar-refractivity contribution >= 4 is 84.7 Å². The molecule has 0 amide bonds. The summed E-state index contributed by atoms with van der Waals surface area (Å²) in [6.45, 7) is 58.1. The van der Waals surface area contributed by atoms with Crippen molar-refractivity contribution in [2.24, 2.45) is 0 Å². The van der Waals surface area contributed by atoms with Gasteiger partial charge in [0.25, 0.3) is 0 Å². The van der Waals surface area contributed by atoms with Gasteiger partial charge < -0.3 is 0 Å².